The first-order chi connectivity index (χ1) is 12.1. The molecular weight excluding hydrogens is 340 g/mol. The summed E-state index contributed by atoms with van der Waals surface area (Å²) in [6, 6.07) is 4.07. The molecule has 0 aliphatic carbocycles. The molecule has 0 radical (unpaired) electrons. The van der Waals surface area contributed by atoms with E-state index in [2.05, 4.69) is 5.32 Å². The third-order valence-corrected chi connectivity index (χ3v) is 3.49. The maximum atomic E-state index is 12.7. The number of nitrogens with zero attached hydrogens (tertiary/aromatic N) is 1. The number of likely N-dealkylation sites (N-methyl/N-ethyl adjacent to an activating group) is 1. The van der Waals surface area contributed by atoms with Crippen molar-refractivity contribution in [3.8, 4) is 5.75 Å². The molecule has 1 aromatic rings. The van der Waals surface area contributed by atoms with Gasteiger partial charge < -0.3 is 24.8 Å². The fraction of sp³-hybridized carbons (Fsp3) is 0.389. The third kappa shape index (κ3) is 4.98. The number of carboxylic acids is 1. The van der Waals surface area contributed by atoms with E-state index in [0.717, 1.165) is 6.08 Å². The second-order valence-electron chi connectivity index (χ2n) is 6.81. The van der Waals surface area contributed by atoms with Gasteiger partial charge in [-0.25, -0.2) is 9.59 Å². The molecule has 1 aliphatic heterocycles. The van der Waals surface area contributed by atoms with Crippen LogP contribution in [0, 0.1) is 0 Å². The van der Waals surface area contributed by atoms with Gasteiger partial charge in [0.05, 0.1) is 5.69 Å². The second kappa shape index (κ2) is 7.47. The predicted octanol–water partition coefficient (Wildman–Crippen LogP) is 2.03. The fourth-order valence-electron chi connectivity index (χ4n) is 2.34. The Labute approximate surface area is 151 Å². The number of alkyl carbamates (subject to hydrolysis) is 1. The van der Waals surface area contributed by atoms with Crippen molar-refractivity contribution in [1.29, 1.82) is 0 Å². The minimum Gasteiger partial charge on any atom is -0.489 e. The number of ether oxygens (including phenoxy) is 2. The quantitative estimate of drug-likeness (QED) is 0.797. The van der Waals surface area contributed by atoms with E-state index in [9.17, 15) is 14.4 Å². The number of fused-ring (bicyclic) bond motifs is 1. The van der Waals surface area contributed by atoms with Crippen LogP contribution in [0.2, 0.25) is 0 Å². The molecule has 0 saturated carbocycles. The molecule has 1 aromatic carbocycles. The highest BCUT2D eigenvalue weighted by molar-refractivity contribution is 6.00. The highest BCUT2D eigenvalue weighted by atomic mass is 16.6. The molecule has 1 aliphatic rings. The zero-order valence-electron chi connectivity index (χ0n) is 15.1. The molecule has 26 heavy (non-hydrogen) atoms. The zero-order chi connectivity index (χ0) is 19.5. The lowest BCUT2D eigenvalue weighted by molar-refractivity contribution is -0.131. The Morgan fingerprint density at radius 1 is 1.38 bits per heavy atom. The Bertz CT molecular complexity index is 751. The Kier molecular flexibility index (Phi) is 5.54. The molecule has 8 heteroatoms. The minimum atomic E-state index is -1.07. The van der Waals surface area contributed by atoms with Gasteiger partial charge in [-0.1, -0.05) is 6.07 Å². The van der Waals surface area contributed by atoms with Crippen molar-refractivity contribution in [2.24, 2.45) is 0 Å². The van der Waals surface area contributed by atoms with E-state index in [1.807, 2.05) is 0 Å². The first-order valence-electron chi connectivity index (χ1n) is 8.02. The first-order valence-corrected chi connectivity index (χ1v) is 8.02. The van der Waals surface area contributed by atoms with E-state index in [1.165, 1.54) is 11.0 Å². The summed E-state index contributed by atoms with van der Waals surface area (Å²) >= 11 is 0. The molecular formula is C18H22N2O6. The van der Waals surface area contributed by atoms with Crippen LogP contribution in [0.15, 0.2) is 24.3 Å². The smallest absolute Gasteiger partial charge is 0.408 e. The van der Waals surface area contributed by atoms with Crippen LogP contribution in [-0.2, 0) is 14.3 Å². The van der Waals surface area contributed by atoms with Crippen LogP contribution >= 0.6 is 0 Å². The van der Waals surface area contributed by atoms with Crippen molar-refractivity contribution in [1.82, 2.24) is 5.32 Å². The predicted molar refractivity (Wildman–Crippen MR) is 95.2 cm³/mol. The van der Waals surface area contributed by atoms with Crippen molar-refractivity contribution >= 4 is 29.7 Å². The molecule has 0 spiro atoms. The largest absolute Gasteiger partial charge is 0.489 e. The number of hydrogen-bond acceptors (Lipinski definition) is 5. The zero-order valence-corrected chi connectivity index (χ0v) is 15.1. The summed E-state index contributed by atoms with van der Waals surface area (Å²) in [6.07, 6.45) is 1.72. The van der Waals surface area contributed by atoms with E-state index in [4.69, 9.17) is 14.6 Å². The van der Waals surface area contributed by atoms with Crippen molar-refractivity contribution in [3.05, 3.63) is 29.8 Å². The van der Waals surface area contributed by atoms with Crippen molar-refractivity contribution in [3.63, 3.8) is 0 Å². The molecule has 2 N–H and O–H groups in total. The first kappa shape index (κ1) is 19.3. The third-order valence-electron chi connectivity index (χ3n) is 3.49. The summed E-state index contributed by atoms with van der Waals surface area (Å²) in [5.74, 6) is -0.974. The highest BCUT2D eigenvalue weighted by Gasteiger charge is 2.31. The summed E-state index contributed by atoms with van der Waals surface area (Å²) in [5.41, 5.74) is 0.405. The Morgan fingerprint density at radius 2 is 2.08 bits per heavy atom. The van der Waals surface area contributed by atoms with Gasteiger partial charge >= 0.3 is 12.1 Å². The average molecular weight is 362 g/mol. The van der Waals surface area contributed by atoms with E-state index in [0.29, 0.717) is 17.0 Å². The lowest BCUT2D eigenvalue weighted by Crippen LogP contribution is -2.50. The van der Waals surface area contributed by atoms with Crippen LogP contribution in [0.3, 0.4) is 0 Å². The number of carbonyl (C=O) groups is 3. The van der Waals surface area contributed by atoms with Gasteiger partial charge in [0.25, 0.3) is 5.91 Å². The van der Waals surface area contributed by atoms with Gasteiger partial charge in [0.15, 0.2) is 0 Å². The molecule has 1 unspecified atom stereocenters. The van der Waals surface area contributed by atoms with Crippen LogP contribution in [0.5, 0.6) is 5.75 Å². The lowest BCUT2D eigenvalue weighted by Gasteiger charge is -2.23. The number of nitrogens with one attached hydrogen (secondary N) is 1. The van der Waals surface area contributed by atoms with E-state index < -0.39 is 23.7 Å². The van der Waals surface area contributed by atoms with Crippen molar-refractivity contribution in [2.45, 2.75) is 32.4 Å². The van der Waals surface area contributed by atoms with Gasteiger partial charge in [0.1, 0.15) is 24.0 Å². The van der Waals surface area contributed by atoms with E-state index in [-0.39, 0.29) is 12.5 Å². The van der Waals surface area contributed by atoms with Crippen LogP contribution < -0.4 is 15.0 Å². The average Bonchev–Trinajstić information content (AvgIpc) is 2.63. The molecule has 2 rings (SSSR count). The van der Waals surface area contributed by atoms with Crippen molar-refractivity contribution < 1.29 is 29.0 Å². The Balaban J connectivity index is 2.19. The molecule has 0 aromatic heterocycles. The molecule has 8 nitrogen and oxygen atoms in total. The molecule has 140 valence electrons. The number of aliphatic carboxylic acids is 1. The van der Waals surface area contributed by atoms with E-state index in [1.54, 1.807) is 46.0 Å². The maximum absolute atomic E-state index is 12.7. The van der Waals surface area contributed by atoms with Crippen LogP contribution in [-0.4, -0.2) is 48.4 Å². The fourth-order valence-corrected chi connectivity index (χ4v) is 2.34. The molecule has 0 fully saturated rings. The number of rotatable bonds is 3. The maximum Gasteiger partial charge on any atom is 0.408 e. The highest BCUT2D eigenvalue weighted by Crippen LogP contribution is 2.32. The van der Waals surface area contributed by atoms with Gasteiger partial charge in [-0.05, 0) is 44.5 Å². The number of carbonyl (C=O) groups excluding carboxylic acids is 2. The summed E-state index contributed by atoms with van der Waals surface area (Å²) in [7, 11) is 1.56. The van der Waals surface area contributed by atoms with Crippen LogP contribution in [0.1, 0.15) is 26.3 Å². The van der Waals surface area contributed by atoms with Gasteiger partial charge in [-0.2, -0.15) is 0 Å². The molecule has 1 heterocycles. The molecule has 1 atom stereocenters. The summed E-state index contributed by atoms with van der Waals surface area (Å²) in [4.78, 5) is 36.6. The van der Waals surface area contributed by atoms with Gasteiger partial charge in [0.2, 0.25) is 0 Å². The summed E-state index contributed by atoms with van der Waals surface area (Å²) < 4.78 is 10.8. The second-order valence-corrected chi connectivity index (χ2v) is 6.81. The molecule has 0 bridgehead atoms. The van der Waals surface area contributed by atoms with Crippen molar-refractivity contribution in [2.75, 3.05) is 18.6 Å². The van der Waals surface area contributed by atoms with Crippen LogP contribution in [0.4, 0.5) is 10.5 Å². The number of amides is 2. The molecule has 2 amide bonds. The number of hydrogen-bond donors (Lipinski definition) is 2. The normalized spacial score (nSPS) is 17.3. The Hall–Kier alpha value is -3.03. The topological polar surface area (TPSA) is 105 Å². The van der Waals surface area contributed by atoms with Gasteiger partial charge in [0, 0.05) is 13.1 Å². The van der Waals surface area contributed by atoms with E-state index >= 15 is 0 Å². The number of anilines is 1. The SMILES string of the molecule is CN1C(=O)C(NC(=O)OC(C)(C)C)COc2ccc(/C=C/C(=O)O)cc21. The van der Waals surface area contributed by atoms with Crippen LogP contribution in [0.25, 0.3) is 6.08 Å². The molecule has 0 saturated heterocycles. The summed E-state index contributed by atoms with van der Waals surface area (Å²) in [6.45, 7) is 5.14. The Morgan fingerprint density at radius 3 is 2.69 bits per heavy atom. The monoisotopic (exact) mass is 362 g/mol. The number of carboxylic acid groups (broad SMARTS) is 1. The number of benzene rings is 1. The lowest BCUT2D eigenvalue weighted by atomic mass is 10.1. The standard InChI is InChI=1S/C18H22N2O6/c1-18(2,3)26-17(24)19-12-10-25-14-7-5-11(6-8-15(21)22)9-13(14)20(4)16(12)23/h5-9,12H,10H2,1-4H3,(H,19,24)(H,21,22)/b8-6+. The van der Waals surface area contributed by atoms with Gasteiger partial charge in [-0.3, -0.25) is 4.79 Å². The van der Waals surface area contributed by atoms with Gasteiger partial charge in [-0.15, -0.1) is 0 Å². The minimum absolute atomic E-state index is 0.0419. The summed E-state index contributed by atoms with van der Waals surface area (Å²) in [5, 5.41) is 11.2.